The topological polar surface area (TPSA) is 72.0 Å². The Balaban J connectivity index is 1.59. The number of pyridine rings is 1. The van der Waals surface area contributed by atoms with E-state index in [1.54, 1.807) is 18.3 Å². The number of amides is 1. The molecular formula is C19H17N3O2S. The Kier molecular flexibility index (Phi) is 5.30. The van der Waals surface area contributed by atoms with Crippen LogP contribution in [0.15, 0.2) is 54.7 Å². The van der Waals surface area contributed by atoms with E-state index < -0.39 is 0 Å². The van der Waals surface area contributed by atoms with Crippen LogP contribution in [0.2, 0.25) is 0 Å². The van der Waals surface area contributed by atoms with Gasteiger partial charge in [-0.3, -0.25) is 14.6 Å². The molecule has 0 atom stereocenters. The summed E-state index contributed by atoms with van der Waals surface area (Å²) >= 11 is 1.38. The van der Waals surface area contributed by atoms with Gasteiger partial charge < -0.3 is 5.32 Å². The lowest BCUT2D eigenvalue weighted by molar-refractivity contribution is -0.116. The normalized spacial score (nSPS) is 10.4. The predicted octanol–water partition coefficient (Wildman–Crippen LogP) is 4.12. The van der Waals surface area contributed by atoms with E-state index in [-0.39, 0.29) is 24.5 Å². The second kappa shape index (κ2) is 7.81. The molecule has 3 rings (SSSR count). The summed E-state index contributed by atoms with van der Waals surface area (Å²) in [6.45, 7) is 1.88. The monoisotopic (exact) mass is 351 g/mol. The van der Waals surface area contributed by atoms with Crippen LogP contribution in [0.1, 0.15) is 28.9 Å². The van der Waals surface area contributed by atoms with E-state index in [0.29, 0.717) is 10.7 Å². The van der Waals surface area contributed by atoms with Crippen molar-refractivity contribution < 1.29 is 9.59 Å². The van der Waals surface area contributed by atoms with Gasteiger partial charge in [0.1, 0.15) is 0 Å². The number of carbonyl (C=O) groups excluding carboxylic acids is 2. The minimum absolute atomic E-state index is 0.0414. The summed E-state index contributed by atoms with van der Waals surface area (Å²) in [5, 5.41) is 3.29. The highest BCUT2D eigenvalue weighted by atomic mass is 32.1. The first kappa shape index (κ1) is 17.0. The third kappa shape index (κ3) is 4.36. The van der Waals surface area contributed by atoms with Crippen molar-refractivity contribution in [3.05, 3.63) is 66.0 Å². The molecule has 1 N–H and O–H groups in total. The van der Waals surface area contributed by atoms with Crippen molar-refractivity contribution >= 4 is 28.2 Å². The van der Waals surface area contributed by atoms with Crippen LogP contribution in [0.4, 0.5) is 5.13 Å². The molecule has 0 spiro atoms. The Bertz CT molecular complexity index is 876. The maximum atomic E-state index is 12.1. The second-order valence-electron chi connectivity index (χ2n) is 5.49. The summed E-state index contributed by atoms with van der Waals surface area (Å²) in [4.78, 5) is 33.7. The highest BCUT2D eigenvalue weighted by Gasteiger charge is 2.14. The van der Waals surface area contributed by atoms with Crippen molar-refractivity contribution in [3.63, 3.8) is 0 Å². The van der Waals surface area contributed by atoms with E-state index in [4.69, 9.17) is 0 Å². The Morgan fingerprint density at radius 2 is 1.80 bits per heavy atom. The fraction of sp³-hybridized carbons (Fsp3) is 0.158. The second-order valence-corrected chi connectivity index (χ2v) is 6.48. The molecular weight excluding hydrogens is 334 g/mol. The highest BCUT2D eigenvalue weighted by Crippen LogP contribution is 2.31. The van der Waals surface area contributed by atoms with Gasteiger partial charge in [-0.25, -0.2) is 4.98 Å². The molecule has 0 saturated carbocycles. The van der Waals surface area contributed by atoms with E-state index in [0.717, 1.165) is 16.3 Å². The molecule has 1 amide bonds. The molecule has 2 aromatic heterocycles. The standard InChI is InChI=1S/C19H17N3O2S/c1-13-18(15-9-5-6-12-20-15)25-19(21-13)22-17(24)11-10-16(23)14-7-3-2-4-8-14/h2-9,12H,10-11H2,1H3,(H,21,22,24). The van der Waals surface area contributed by atoms with Crippen LogP contribution < -0.4 is 5.32 Å². The van der Waals surface area contributed by atoms with Crippen molar-refractivity contribution in [2.45, 2.75) is 19.8 Å². The molecule has 0 aliphatic heterocycles. The molecule has 0 unspecified atom stereocenters. The van der Waals surface area contributed by atoms with Crippen LogP contribution in [-0.4, -0.2) is 21.7 Å². The molecule has 1 aromatic carbocycles. The number of benzene rings is 1. The number of thiazole rings is 1. The number of aromatic nitrogens is 2. The Labute approximate surface area is 149 Å². The fourth-order valence-electron chi connectivity index (χ4n) is 2.36. The first-order valence-corrected chi connectivity index (χ1v) is 8.72. The molecule has 0 radical (unpaired) electrons. The molecule has 25 heavy (non-hydrogen) atoms. The van der Waals surface area contributed by atoms with Gasteiger partial charge in [0.25, 0.3) is 0 Å². The zero-order chi connectivity index (χ0) is 17.6. The van der Waals surface area contributed by atoms with E-state index in [1.165, 1.54) is 11.3 Å². The summed E-state index contributed by atoms with van der Waals surface area (Å²) in [6.07, 6.45) is 2.03. The van der Waals surface area contributed by atoms with E-state index in [1.807, 2.05) is 43.3 Å². The van der Waals surface area contributed by atoms with Crippen molar-refractivity contribution in [3.8, 4) is 10.6 Å². The lowest BCUT2D eigenvalue weighted by Crippen LogP contribution is -2.13. The molecule has 0 aliphatic carbocycles. The zero-order valence-corrected chi connectivity index (χ0v) is 14.5. The van der Waals surface area contributed by atoms with Crippen molar-refractivity contribution in [2.24, 2.45) is 0 Å². The van der Waals surface area contributed by atoms with Crippen LogP contribution in [0.5, 0.6) is 0 Å². The van der Waals surface area contributed by atoms with Gasteiger partial charge in [-0.1, -0.05) is 47.7 Å². The number of hydrogen-bond acceptors (Lipinski definition) is 5. The van der Waals surface area contributed by atoms with Crippen molar-refractivity contribution in [2.75, 3.05) is 5.32 Å². The lowest BCUT2D eigenvalue weighted by atomic mass is 10.1. The first-order chi connectivity index (χ1) is 12.1. The zero-order valence-electron chi connectivity index (χ0n) is 13.7. The van der Waals surface area contributed by atoms with Crippen molar-refractivity contribution in [1.82, 2.24) is 9.97 Å². The van der Waals surface area contributed by atoms with Gasteiger partial charge >= 0.3 is 0 Å². The number of rotatable bonds is 6. The number of nitrogens with zero attached hydrogens (tertiary/aromatic N) is 2. The summed E-state index contributed by atoms with van der Waals surface area (Å²) in [7, 11) is 0. The summed E-state index contributed by atoms with van der Waals surface area (Å²) in [6, 6.07) is 14.7. The number of anilines is 1. The lowest BCUT2D eigenvalue weighted by Gasteiger charge is -2.02. The van der Waals surface area contributed by atoms with Crippen LogP contribution in [0.25, 0.3) is 10.6 Å². The van der Waals surface area contributed by atoms with Crippen LogP contribution in [-0.2, 0) is 4.79 Å². The van der Waals surface area contributed by atoms with Gasteiger partial charge in [-0.05, 0) is 19.1 Å². The smallest absolute Gasteiger partial charge is 0.226 e. The van der Waals surface area contributed by atoms with E-state index in [9.17, 15) is 9.59 Å². The molecule has 0 bridgehead atoms. The van der Waals surface area contributed by atoms with Gasteiger partial charge in [-0.2, -0.15) is 0 Å². The summed E-state index contributed by atoms with van der Waals surface area (Å²) in [5.41, 5.74) is 2.27. The Morgan fingerprint density at radius 3 is 2.52 bits per heavy atom. The van der Waals surface area contributed by atoms with Crippen LogP contribution >= 0.6 is 11.3 Å². The van der Waals surface area contributed by atoms with Crippen LogP contribution in [0.3, 0.4) is 0 Å². The molecule has 5 nitrogen and oxygen atoms in total. The maximum Gasteiger partial charge on any atom is 0.226 e. The molecule has 3 aromatic rings. The first-order valence-electron chi connectivity index (χ1n) is 7.90. The average molecular weight is 351 g/mol. The maximum absolute atomic E-state index is 12.1. The minimum Gasteiger partial charge on any atom is -0.302 e. The van der Waals surface area contributed by atoms with Gasteiger partial charge in [-0.15, -0.1) is 0 Å². The summed E-state index contributed by atoms with van der Waals surface area (Å²) in [5.74, 6) is -0.258. The number of Topliss-reactive ketones (excluding diaryl/α,β-unsaturated/α-hetero) is 1. The third-order valence-electron chi connectivity index (χ3n) is 3.62. The fourth-order valence-corrected chi connectivity index (χ4v) is 3.32. The molecule has 126 valence electrons. The number of nitrogens with one attached hydrogen (secondary N) is 1. The number of carbonyl (C=O) groups is 2. The number of ketones is 1. The predicted molar refractivity (Wildman–Crippen MR) is 98.7 cm³/mol. The Hall–Kier alpha value is -2.86. The largest absolute Gasteiger partial charge is 0.302 e. The van der Waals surface area contributed by atoms with Crippen LogP contribution in [0, 0.1) is 6.92 Å². The summed E-state index contributed by atoms with van der Waals surface area (Å²) < 4.78 is 0. The average Bonchev–Trinajstić information content (AvgIpc) is 3.01. The van der Waals surface area contributed by atoms with Gasteiger partial charge in [0.05, 0.1) is 16.3 Å². The van der Waals surface area contributed by atoms with Gasteiger partial charge in [0.15, 0.2) is 10.9 Å². The molecule has 0 fully saturated rings. The molecule has 6 heteroatoms. The SMILES string of the molecule is Cc1nc(NC(=O)CCC(=O)c2ccccc2)sc1-c1ccccn1. The third-order valence-corrected chi connectivity index (χ3v) is 4.71. The molecule has 2 heterocycles. The Morgan fingerprint density at radius 1 is 1.04 bits per heavy atom. The van der Waals surface area contributed by atoms with E-state index >= 15 is 0 Å². The quantitative estimate of drug-likeness (QED) is 0.678. The highest BCUT2D eigenvalue weighted by molar-refractivity contribution is 7.19. The minimum atomic E-state index is -0.217. The number of hydrogen-bond donors (Lipinski definition) is 1. The molecule has 0 aliphatic rings. The number of aryl methyl sites for hydroxylation is 1. The van der Waals surface area contributed by atoms with Gasteiger partial charge in [0.2, 0.25) is 5.91 Å². The molecule has 0 saturated heterocycles. The van der Waals surface area contributed by atoms with E-state index in [2.05, 4.69) is 15.3 Å². The van der Waals surface area contributed by atoms with Crippen molar-refractivity contribution in [1.29, 1.82) is 0 Å². The van der Waals surface area contributed by atoms with Gasteiger partial charge in [0, 0.05) is 24.6 Å².